The average molecular weight is 315 g/mol. The van der Waals surface area contributed by atoms with Gasteiger partial charge in [-0.05, 0) is 23.6 Å². The third-order valence-electron chi connectivity index (χ3n) is 2.98. The highest BCUT2D eigenvalue weighted by atomic mass is 35.5. The predicted molar refractivity (Wildman–Crippen MR) is 84.8 cm³/mol. The molecule has 0 saturated carbocycles. The number of rotatable bonds is 4. The summed E-state index contributed by atoms with van der Waals surface area (Å²) in [6, 6.07) is 13.7. The maximum absolute atomic E-state index is 6.13. The molecule has 100 valence electrons. The third kappa shape index (κ3) is 3.79. The van der Waals surface area contributed by atoms with Gasteiger partial charge in [-0.3, -0.25) is 0 Å². The second-order valence-electron chi connectivity index (χ2n) is 4.44. The van der Waals surface area contributed by atoms with Crippen LogP contribution in [0.15, 0.2) is 42.5 Å². The van der Waals surface area contributed by atoms with Gasteiger partial charge in [-0.15, -0.1) is 0 Å². The summed E-state index contributed by atoms with van der Waals surface area (Å²) in [5.74, 6) is 0.381. The molecule has 0 aliphatic carbocycles. The fraction of sp³-hybridized carbons (Fsp3) is 0.200. The number of nitrogens with one attached hydrogen (secondary N) is 1. The average Bonchev–Trinajstić information content (AvgIpc) is 2.42. The Bertz CT molecular complexity index is 555. The molecule has 2 rings (SSSR count). The van der Waals surface area contributed by atoms with Crippen LogP contribution in [0, 0.1) is 0 Å². The smallest absolute Gasteiger partial charge is 0.0653 e. The Kier molecular flexibility index (Phi) is 4.98. The van der Waals surface area contributed by atoms with Gasteiger partial charge in [0.25, 0.3) is 0 Å². The van der Waals surface area contributed by atoms with Crippen LogP contribution in [-0.2, 0) is 0 Å². The summed E-state index contributed by atoms with van der Waals surface area (Å²) in [4.78, 5) is 0. The van der Waals surface area contributed by atoms with Crippen LogP contribution in [-0.4, -0.2) is 6.54 Å². The monoisotopic (exact) mass is 313 g/mol. The molecule has 19 heavy (non-hydrogen) atoms. The maximum Gasteiger partial charge on any atom is 0.0653 e. The molecule has 2 aromatic rings. The lowest BCUT2D eigenvalue weighted by atomic mass is 10.0. The summed E-state index contributed by atoms with van der Waals surface area (Å²) >= 11 is 18.0. The van der Waals surface area contributed by atoms with Gasteiger partial charge in [0.2, 0.25) is 0 Å². The molecule has 0 aliphatic heterocycles. The standard InChI is InChI=1S/C15H14Cl3N/c1-10(11-5-3-2-4-6-11)9-19-15-8-13(17)12(16)7-14(15)18/h2-8,10,19H,9H2,1H3. The molecule has 0 saturated heterocycles. The highest BCUT2D eigenvalue weighted by Gasteiger charge is 2.08. The van der Waals surface area contributed by atoms with Gasteiger partial charge in [0.15, 0.2) is 0 Å². The summed E-state index contributed by atoms with van der Waals surface area (Å²) in [7, 11) is 0. The lowest BCUT2D eigenvalue weighted by Crippen LogP contribution is -2.10. The molecule has 4 heteroatoms. The number of hydrogen-bond acceptors (Lipinski definition) is 1. The van der Waals surface area contributed by atoms with E-state index in [0.29, 0.717) is 21.0 Å². The van der Waals surface area contributed by atoms with Crippen LogP contribution in [0.25, 0.3) is 0 Å². The summed E-state index contributed by atoms with van der Waals surface area (Å²) in [5, 5.41) is 4.85. The van der Waals surface area contributed by atoms with Gasteiger partial charge in [0, 0.05) is 6.54 Å². The molecule has 0 radical (unpaired) electrons. The minimum Gasteiger partial charge on any atom is -0.383 e. The number of benzene rings is 2. The zero-order valence-electron chi connectivity index (χ0n) is 10.5. The van der Waals surface area contributed by atoms with Crippen molar-refractivity contribution in [3.05, 3.63) is 63.1 Å². The minimum atomic E-state index is 0.381. The van der Waals surface area contributed by atoms with Crippen molar-refractivity contribution < 1.29 is 0 Å². The molecule has 0 spiro atoms. The second kappa shape index (κ2) is 6.51. The quantitative estimate of drug-likeness (QED) is 0.697. The van der Waals surface area contributed by atoms with Crippen LogP contribution in [0.1, 0.15) is 18.4 Å². The van der Waals surface area contributed by atoms with Crippen LogP contribution in [0.4, 0.5) is 5.69 Å². The van der Waals surface area contributed by atoms with E-state index < -0.39 is 0 Å². The van der Waals surface area contributed by atoms with Gasteiger partial charge in [0.1, 0.15) is 0 Å². The van der Waals surface area contributed by atoms with Crippen LogP contribution in [0.3, 0.4) is 0 Å². The number of hydrogen-bond donors (Lipinski definition) is 1. The topological polar surface area (TPSA) is 12.0 Å². The van der Waals surface area contributed by atoms with Gasteiger partial charge in [-0.25, -0.2) is 0 Å². The fourth-order valence-electron chi connectivity index (χ4n) is 1.82. The molecule has 0 aromatic heterocycles. The first kappa shape index (κ1) is 14.5. The van der Waals surface area contributed by atoms with E-state index in [1.807, 2.05) is 18.2 Å². The molecule has 0 heterocycles. The molecule has 2 aromatic carbocycles. The SMILES string of the molecule is CC(CNc1cc(Cl)c(Cl)cc1Cl)c1ccccc1. The van der Waals surface area contributed by atoms with Crippen molar-refractivity contribution in [1.82, 2.24) is 0 Å². The van der Waals surface area contributed by atoms with Crippen molar-refractivity contribution in [2.24, 2.45) is 0 Å². The predicted octanol–water partition coefficient (Wildman–Crippen LogP) is 5.86. The van der Waals surface area contributed by atoms with E-state index in [1.165, 1.54) is 5.56 Å². The molecule has 0 bridgehead atoms. The summed E-state index contributed by atoms with van der Waals surface area (Å²) in [6.45, 7) is 2.94. The molecule has 0 fully saturated rings. The first-order valence-corrected chi connectivity index (χ1v) is 7.14. The Labute approximate surface area is 128 Å². The van der Waals surface area contributed by atoms with Gasteiger partial charge in [-0.2, -0.15) is 0 Å². The van der Waals surface area contributed by atoms with Crippen LogP contribution < -0.4 is 5.32 Å². The third-order valence-corrected chi connectivity index (χ3v) is 4.01. The van der Waals surface area contributed by atoms with Gasteiger partial charge in [-0.1, -0.05) is 72.1 Å². The van der Waals surface area contributed by atoms with Crippen molar-refractivity contribution in [2.75, 3.05) is 11.9 Å². The maximum atomic E-state index is 6.13. The van der Waals surface area contributed by atoms with E-state index in [-0.39, 0.29) is 0 Å². The summed E-state index contributed by atoms with van der Waals surface area (Å²) in [6.07, 6.45) is 0. The Hall–Kier alpha value is -0.890. The summed E-state index contributed by atoms with van der Waals surface area (Å²) in [5.41, 5.74) is 2.09. The van der Waals surface area contributed by atoms with E-state index in [9.17, 15) is 0 Å². The Balaban J connectivity index is 2.05. The summed E-state index contributed by atoms with van der Waals surface area (Å²) < 4.78 is 0. The van der Waals surface area contributed by atoms with Gasteiger partial charge < -0.3 is 5.32 Å². The largest absolute Gasteiger partial charge is 0.383 e. The van der Waals surface area contributed by atoms with Crippen molar-refractivity contribution in [3.8, 4) is 0 Å². The van der Waals surface area contributed by atoms with Gasteiger partial charge >= 0.3 is 0 Å². The van der Waals surface area contributed by atoms with E-state index in [0.717, 1.165) is 12.2 Å². The fourth-order valence-corrected chi connectivity index (χ4v) is 2.43. The number of anilines is 1. The molecule has 1 atom stereocenters. The zero-order valence-corrected chi connectivity index (χ0v) is 12.7. The Morgan fingerprint density at radius 3 is 2.26 bits per heavy atom. The van der Waals surface area contributed by atoms with Crippen molar-refractivity contribution in [2.45, 2.75) is 12.8 Å². The van der Waals surface area contributed by atoms with Crippen molar-refractivity contribution in [1.29, 1.82) is 0 Å². The first-order valence-electron chi connectivity index (χ1n) is 6.01. The Morgan fingerprint density at radius 1 is 0.947 bits per heavy atom. The second-order valence-corrected chi connectivity index (χ2v) is 5.66. The zero-order chi connectivity index (χ0) is 13.8. The molecule has 0 aliphatic rings. The molecular weight excluding hydrogens is 301 g/mol. The molecule has 1 unspecified atom stereocenters. The van der Waals surface area contributed by atoms with Crippen LogP contribution in [0.5, 0.6) is 0 Å². The molecule has 0 amide bonds. The normalized spacial score (nSPS) is 12.2. The van der Waals surface area contributed by atoms with Crippen LogP contribution >= 0.6 is 34.8 Å². The lowest BCUT2D eigenvalue weighted by Gasteiger charge is -2.15. The van der Waals surface area contributed by atoms with Gasteiger partial charge in [0.05, 0.1) is 20.8 Å². The van der Waals surface area contributed by atoms with Crippen molar-refractivity contribution >= 4 is 40.5 Å². The minimum absolute atomic E-state index is 0.381. The molecular formula is C15H14Cl3N. The van der Waals surface area contributed by atoms with Crippen molar-refractivity contribution in [3.63, 3.8) is 0 Å². The first-order chi connectivity index (χ1) is 9.08. The van der Waals surface area contributed by atoms with E-state index >= 15 is 0 Å². The Morgan fingerprint density at radius 2 is 1.58 bits per heavy atom. The highest BCUT2D eigenvalue weighted by molar-refractivity contribution is 6.44. The molecule has 1 nitrogen and oxygen atoms in total. The lowest BCUT2D eigenvalue weighted by molar-refractivity contribution is 0.805. The number of halogens is 3. The van der Waals surface area contributed by atoms with E-state index in [2.05, 4.69) is 24.4 Å². The highest BCUT2D eigenvalue weighted by Crippen LogP contribution is 2.32. The molecule has 1 N–H and O–H groups in total. The van der Waals surface area contributed by atoms with E-state index in [1.54, 1.807) is 12.1 Å². The van der Waals surface area contributed by atoms with E-state index in [4.69, 9.17) is 34.8 Å². The van der Waals surface area contributed by atoms with Crippen LogP contribution in [0.2, 0.25) is 15.1 Å².